The lowest BCUT2D eigenvalue weighted by atomic mass is 10.1. The molecule has 0 unspecified atom stereocenters. The molecule has 0 atom stereocenters. The van der Waals surface area contributed by atoms with Gasteiger partial charge in [-0.25, -0.2) is 0 Å². The Labute approximate surface area is 133 Å². The van der Waals surface area contributed by atoms with Crippen LogP contribution in [0.4, 0.5) is 5.69 Å². The number of anilines is 1. The van der Waals surface area contributed by atoms with Crippen molar-refractivity contribution in [1.82, 2.24) is 4.98 Å². The second-order valence-corrected chi connectivity index (χ2v) is 5.13. The molecule has 0 aliphatic rings. The van der Waals surface area contributed by atoms with E-state index >= 15 is 0 Å². The number of fused-ring (bicyclic) bond motifs is 1. The first-order chi connectivity index (χ1) is 11.2. The lowest BCUT2D eigenvalue weighted by Crippen LogP contribution is -2.15. The minimum Gasteiger partial charge on any atom is -0.493 e. The number of H-pyrrole nitrogens is 1. The Balaban J connectivity index is 1.83. The zero-order chi connectivity index (χ0) is 16.2. The Kier molecular flexibility index (Phi) is 4.19. The topological polar surface area (TPSA) is 63.3 Å². The first-order valence-electron chi connectivity index (χ1n) is 7.28. The Bertz CT molecular complexity index is 887. The number of rotatable bonds is 5. The first-order valence-corrected chi connectivity index (χ1v) is 7.28. The van der Waals surface area contributed by atoms with Gasteiger partial charge in [0.1, 0.15) is 0 Å². The normalized spacial score (nSPS) is 10.5. The molecule has 1 aromatic heterocycles. The third kappa shape index (κ3) is 3.13. The fourth-order valence-electron chi connectivity index (χ4n) is 2.47. The number of ether oxygens (including phenoxy) is 2. The summed E-state index contributed by atoms with van der Waals surface area (Å²) in [4.78, 5) is 15.0. The molecule has 118 valence electrons. The number of para-hydroxylation sites is 1. The summed E-state index contributed by atoms with van der Waals surface area (Å²) in [5.41, 5.74) is 2.29. The van der Waals surface area contributed by atoms with E-state index in [1.165, 1.54) is 0 Å². The molecular formula is C18H18N2O3. The molecule has 0 bridgehead atoms. The predicted octanol–water partition coefficient (Wildman–Crippen LogP) is 3.16. The zero-order valence-corrected chi connectivity index (χ0v) is 13.1. The number of aromatic amines is 1. The highest BCUT2D eigenvalue weighted by Crippen LogP contribution is 2.29. The maximum atomic E-state index is 12.1. The van der Waals surface area contributed by atoms with E-state index in [0.29, 0.717) is 23.6 Å². The summed E-state index contributed by atoms with van der Waals surface area (Å²) in [5.74, 6) is 1.31. The van der Waals surface area contributed by atoms with Gasteiger partial charge in [0.25, 0.3) is 5.56 Å². The summed E-state index contributed by atoms with van der Waals surface area (Å²) in [7, 11) is 3.19. The number of nitrogens with one attached hydrogen (secondary N) is 2. The molecule has 0 fully saturated rings. The van der Waals surface area contributed by atoms with Gasteiger partial charge in [-0.3, -0.25) is 4.79 Å². The van der Waals surface area contributed by atoms with Crippen LogP contribution in [0, 0.1) is 0 Å². The Morgan fingerprint density at radius 1 is 1.00 bits per heavy atom. The van der Waals surface area contributed by atoms with Crippen LogP contribution in [0.2, 0.25) is 0 Å². The molecule has 2 aromatic carbocycles. The average molecular weight is 310 g/mol. The molecule has 5 nitrogen and oxygen atoms in total. The maximum absolute atomic E-state index is 12.1. The van der Waals surface area contributed by atoms with E-state index in [-0.39, 0.29) is 5.56 Å². The third-order valence-electron chi connectivity index (χ3n) is 3.70. The van der Waals surface area contributed by atoms with Crippen molar-refractivity contribution in [2.45, 2.75) is 6.54 Å². The standard InChI is InChI=1S/C18H18N2O3/c1-22-16-8-7-14(10-17(16)23-2)19-11-13-9-12-5-3-4-6-15(12)20-18(13)21/h3-10,19H,11H2,1-2H3,(H,20,21). The van der Waals surface area contributed by atoms with Gasteiger partial charge in [-0.2, -0.15) is 0 Å². The molecule has 0 aliphatic carbocycles. The summed E-state index contributed by atoms with van der Waals surface area (Å²) in [6, 6.07) is 15.2. The van der Waals surface area contributed by atoms with Crippen molar-refractivity contribution in [1.29, 1.82) is 0 Å². The molecule has 2 N–H and O–H groups in total. The largest absolute Gasteiger partial charge is 0.493 e. The lowest BCUT2D eigenvalue weighted by Gasteiger charge is -2.11. The molecule has 0 radical (unpaired) electrons. The second-order valence-electron chi connectivity index (χ2n) is 5.13. The fraction of sp³-hybridized carbons (Fsp3) is 0.167. The molecular weight excluding hydrogens is 292 g/mol. The third-order valence-corrected chi connectivity index (χ3v) is 3.70. The summed E-state index contributed by atoms with van der Waals surface area (Å²) >= 11 is 0. The van der Waals surface area contributed by atoms with Gasteiger partial charge in [0.15, 0.2) is 11.5 Å². The SMILES string of the molecule is COc1ccc(NCc2cc3ccccc3[nH]c2=O)cc1OC. The number of pyridine rings is 1. The van der Waals surface area contributed by atoms with Crippen molar-refractivity contribution >= 4 is 16.6 Å². The van der Waals surface area contributed by atoms with E-state index in [4.69, 9.17) is 9.47 Å². The van der Waals surface area contributed by atoms with Crippen molar-refractivity contribution in [2.75, 3.05) is 19.5 Å². The van der Waals surface area contributed by atoms with Crippen LogP contribution in [0.25, 0.3) is 10.9 Å². The predicted molar refractivity (Wildman–Crippen MR) is 91.4 cm³/mol. The molecule has 0 aliphatic heterocycles. The molecule has 3 rings (SSSR count). The van der Waals surface area contributed by atoms with Gasteiger partial charge in [-0.1, -0.05) is 18.2 Å². The van der Waals surface area contributed by atoms with E-state index in [9.17, 15) is 4.79 Å². The van der Waals surface area contributed by atoms with Crippen molar-refractivity contribution < 1.29 is 9.47 Å². The van der Waals surface area contributed by atoms with Crippen LogP contribution in [-0.2, 0) is 6.54 Å². The van der Waals surface area contributed by atoms with E-state index in [1.54, 1.807) is 14.2 Å². The Morgan fingerprint density at radius 2 is 1.78 bits per heavy atom. The number of hydrogen-bond acceptors (Lipinski definition) is 4. The van der Waals surface area contributed by atoms with E-state index in [2.05, 4.69) is 10.3 Å². The summed E-state index contributed by atoms with van der Waals surface area (Å²) < 4.78 is 10.5. The van der Waals surface area contributed by atoms with Gasteiger partial charge in [0.05, 0.1) is 14.2 Å². The summed E-state index contributed by atoms with van der Waals surface area (Å²) in [6.45, 7) is 0.426. The molecule has 1 heterocycles. The van der Waals surface area contributed by atoms with Gasteiger partial charge < -0.3 is 19.8 Å². The highest BCUT2D eigenvalue weighted by Gasteiger charge is 2.06. The van der Waals surface area contributed by atoms with Gasteiger partial charge in [0.2, 0.25) is 0 Å². The van der Waals surface area contributed by atoms with Gasteiger partial charge in [-0.15, -0.1) is 0 Å². The average Bonchev–Trinajstić information content (AvgIpc) is 2.59. The van der Waals surface area contributed by atoms with Crippen molar-refractivity contribution in [3.63, 3.8) is 0 Å². The lowest BCUT2D eigenvalue weighted by molar-refractivity contribution is 0.355. The quantitative estimate of drug-likeness (QED) is 0.760. The molecule has 0 spiro atoms. The van der Waals surface area contributed by atoms with E-state index < -0.39 is 0 Å². The van der Waals surface area contributed by atoms with Crippen LogP contribution in [0.1, 0.15) is 5.56 Å². The molecule has 0 saturated heterocycles. The second kappa shape index (κ2) is 6.44. The van der Waals surface area contributed by atoms with Crippen LogP contribution in [-0.4, -0.2) is 19.2 Å². The van der Waals surface area contributed by atoms with Crippen molar-refractivity contribution in [3.8, 4) is 11.5 Å². The summed E-state index contributed by atoms with van der Waals surface area (Å²) in [6.07, 6.45) is 0. The monoisotopic (exact) mass is 310 g/mol. The van der Waals surface area contributed by atoms with Gasteiger partial charge in [0, 0.05) is 29.4 Å². The zero-order valence-electron chi connectivity index (χ0n) is 13.1. The molecule has 23 heavy (non-hydrogen) atoms. The van der Waals surface area contributed by atoms with Gasteiger partial charge in [-0.05, 0) is 29.7 Å². The highest BCUT2D eigenvalue weighted by molar-refractivity contribution is 5.78. The van der Waals surface area contributed by atoms with E-state index in [1.807, 2.05) is 48.5 Å². The van der Waals surface area contributed by atoms with E-state index in [0.717, 1.165) is 16.6 Å². The van der Waals surface area contributed by atoms with Crippen LogP contribution >= 0.6 is 0 Å². The van der Waals surface area contributed by atoms with Crippen LogP contribution in [0.5, 0.6) is 11.5 Å². The number of aromatic nitrogens is 1. The number of hydrogen-bond donors (Lipinski definition) is 2. The molecule has 3 aromatic rings. The minimum atomic E-state index is -0.0864. The fourth-order valence-corrected chi connectivity index (χ4v) is 2.47. The molecule has 5 heteroatoms. The van der Waals surface area contributed by atoms with Crippen LogP contribution in [0.15, 0.2) is 53.3 Å². The van der Waals surface area contributed by atoms with Crippen LogP contribution < -0.4 is 20.3 Å². The maximum Gasteiger partial charge on any atom is 0.253 e. The van der Waals surface area contributed by atoms with Crippen LogP contribution in [0.3, 0.4) is 0 Å². The van der Waals surface area contributed by atoms with Gasteiger partial charge >= 0.3 is 0 Å². The Hall–Kier alpha value is -2.95. The smallest absolute Gasteiger partial charge is 0.253 e. The molecule has 0 saturated carbocycles. The van der Waals surface area contributed by atoms with Crippen molar-refractivity contribution in [2.24, 2.45) is 0 Å². The highest BCUT2D eigenvalue weighted by atomic mass is 16.5. The number of methoxy groups -OCH3 is 2. The summed E-state index contributed by atoms with van der Waals surface area (Å²) in [5, 5.41) is 4.25. The number of benzene rings is 2. The first kappa shape index (κ1) is 15.0. The minimum absolute atomic E-state index is 0.0864. The van der Waals surface area contributed by atoms with Crippen molar-refractivity contribution in [3.05, 3.63) is 64.4 Å². The molecule has 0 amide bonds. The Morgan fingerprint density at radius 3 is 2.57 bits per heavy atom.